The molecule has 0 N–H and O–H groups in total. The standard InChI is InChI=1S/C17H21IN2O5/c1-16(2,3)24-14(21)20-12-8-7-10(9-11(12)13(18)19-20)23-15(22)25-17(4,5)6/h7-9H,1-6H3. The number of rotatable bonds is 1. The van der Waals surface area contributed by atoms with E-state index in [0.29, 0.717) is 20.4 Å². The van der Waals surface area contributed by atoms with Crippen LogP contribution in [0, 0.1) is 3.70 Å². The highest BCUT2D eigenvalue weighted by Crippen LogP contribution is 2.26. The van der Waals surface area contributed by atoms with Gasteiger partial charge in [0.05, 0.1) is 5.52 Å². The van der Waals surface area contributed by atoms with Crippen molar-refractivity contribution < 1.29 is 23.8 Å². The summed E-state index contributed by atoms with van der Waals surface area (Å²) >= 11 is 2.01. The van der Waals surface area contributed by atoms with Gasteiger partial charge in [0.25, 0.3) is 0 Å². The second kappa shape index (κ2) is 6.81. The molecule has 2 rings (SSSR count). The van der Waals surface area contributed by atoms with Crippen molar-refractivity contribution in [2.24, 2.45) is 0 Å². The zero-order valence-electron chi connectivity index (χ0n) is 15.0. The number of benzene rings is 1. The summed E-state index contributed by atoms with van der Waals surface area (Å²) in [5.41, 5.74) is -0.701. The molecule has 8 heteroatoms. The number of hydrogen-bond donors (Lipinski definition) is 0. The second-order valence-corrected chi connectivity index (χ2v) is 8.45. The molecule has 1 aromatic carbocycles. The molecule has 25 heavy (non-hydrogen) atoms. The first-order chi connectivity index (χ1) is 11.4. The lowest BCUT2D eigenvalue weighted by molar-refractivity contribution is 0.0206. The first-order valence-electron chi connectivity index (χ1n) is 7.68. The van der Waals surface area contributed by atoms with Crippen LogP contribution in [0.15, 0.2) is 18.2 Å². The van der Waals surface area contributed by atoms with Crippen molar-refractivity contribution in [1.29, 1.82) is 0 Å². The third kappa shape index (κ3) is 5.32. The Bertz CT molecular complexity index is 815. The molecule has 0 saturated carbocycles. The first-order valence-corrected chi connectivity index (χ1v) is 8.76. The highest BCUT2D eigenvalue weighted by molar-refractivity contribution is 14.1. The Morgan fingerprint density at radius 3 is 2.20 bits per heavy atom. The third-order valence-corrected chi connectivity index (χ3v) is 3.56. The molecule has 0 spiro atoms. The topological polar surface area (TPSA) is 79.7 Å². The zero-order valence-corrected chi connectivity index (χ0v) is 17.2. The Labute approximate surface area is 159 Å². The van der Waals surface area contributed by atoms with Gasteiger partial charge in [0.1, 0.15) is 20.7 Å². The number of fused-ring (bicyclic) bond motifs is 1. The molecule has 0 aliphatic carbocycles. The van der Waals surface area contributed by atoms with E-state index in [-0.39, 0.29) is 0 Å². The molecule has 0 unspecified atom stereocenters. The number of aromatic nitrogens is 2. The molecular weight excluding hydrogens is 439 g/mol. The summed E-state index contributed by atoms with van der Waals surface area (Å²) in [5.74, 6) is 0.309. The number of nitrogens with zero attached hydrogens (tertiary/aromatic N) is 2. The van der Waals surface area contributed by atoms with Crippen molar-refractivity contribution in [2.45, 2.75) is 52.7 Å². The van der Waals surface area contributed by atoms with Crippen molar-refractivity contribution in [3.63, 3.8) is 0 Å². The van der Waals surface area contributed by atoms with Gasteiger partial charge in [-0.3, -0.25) is 0 Å². The van der Waals surface area contributed by atoms with Gasteiger partial charge >= 0.3 is 12.2 Å². The fourth-order valence-electron chi connectivity index (χ4n) is 1.94. The first kappa shape index (κ1) is 19.5. The molecule has 0 aliphatic rings. The van der Waals surface area contributed by atoms with E-state index in [9.17, 15) is 9.59 Å². The van der Waals surface area contributed by atoms with Gasteiger partial charge in [-0.25, -0.2) is 9.59 Å². The highest BCUT2D eigenvalue weighted by atomic mass is 127. The summed E-state index contributed by atoms with van der Waals surface area (Å²) in [6.07, 6.45) is -1.36. The van der Waals surface area contributed by atoms with Crippen LogP contribution in [0.5, 0.6) is 5.75 Å². The average molecular weight is 460 g/mol. The number of ether oxygens (including phenoxy) is 3. The predicted octanol–water partition coefficient (Wildman–Crippen LogP) is 4.74. The van der Waals surface area contributed by atoms with Gasteiger partial charge in [0.15, 0.2) is 0 Å². The molecule has 136 valence electrons. The van der Waals surface area contributed by atoms with Gasteiger partial charge in [-0.2, -0.15) is 9.78 Å². The highest BCUT2D eigenvalue weighted by Gasteiger charge is 2.23. The Morgan fingerprint density at radius 1 is 1.04 bits per heavy atom. The zero-order chi connectivity index (χ0) is 19.0. The van der Waals surface area contributed by atoms with Gasteiger partial charge in [0.2, 0.25) is 0 Å². The Kier molecular flexibility index (Phi) is 5.31. The average Bonchev–Trinajstić information content (AvgIpc) is 2.72. The number of carbonyl (C=O) groups is 2. The summed E-state index contributed by atoms with van der Waals surface area (Å²) in [4.78, 5) is 24.1. The third-order valence-electron chi connectivity index (χ3n) is 2.76. The van der Waals surface area contributed by atoms with Crippen LogP contribution in [-0.2, 0) is 9.47 Å². The van der Waals surface area contributed by atoms with E-state index in [1.807, 2.05) is 22.6 Å². The van der Waals surface area contributed by atoms with Crippen LogP contribution in [0.1, 0.15) is 41.5 Å². The molecule has 7 nitrogen and oxygen atoms in total. The number of carbonyl (C=O) groups excluding carboxylic acids is 2. The van der Waals surface area contributed by atoms with Gasteiger partial charge in [-0.1, -0.05) is 0 Å². The Morgan fingerprint density at radius 2 is 1.64 bits per heavy atom. The molecule has 0 atom stereocenters. The Balaban J connectivity index is 2.28. The van der Waals surface area contributed by atoms with Crippen LogP contribution in [0.2, 0.25) is 0 Å². The molecule has 0 fully saturated rings. The fourth-order valence-corrected chi connectivity index (χ4v) is 2.58. The van der Waals surface area contributed by atoms with Crippen molar-refractivity contribution in [3.05, 3.63) is 21.9 Å². The van der Waals surface area contributed by atoms with E-state index in [4.69, 9.17) is 14.2 Å². The summed E-state index contributed by atoms with van der Waals surface area (Å²) in [6, 6.07) is 4.86. The molecule has 0 saturated heterocycles. The van der Waals surface area contributed by atoms with Gasteiger partial charge in [0, 0.05) is 5.39 Å². The van der Waals surface area contributed by atoms with Gasteiger partial charge < -0.3 is 14.2 Å². The number of halogens is 1. The molecule has 0 bridgehead atoms. The minimum atomic E-state index is -0.790. The van der Waals surface area contributed by atoms with Crippen molar-refractivity contribution in [2.75, 3.05) is 0 Å². The molecular formula is C17H21IN2O5. The van der Waals surface area contributed by atoms with Gasteiger partial charge in [-0.05, 0) is 82.3 Å². The van der Waals surface area contributed by atoms with Crippen LogP contribution in [-0.4, -0.2) is 33.2 Å². The second-order valence-electron chi connectivity index (χ2n) is 7.43. The SMILES string of the molecule is CC(C)(C)OC(=O)Oc1ccc2c(c1)c(I)nn2C(=O)OC(C)(C)C. The fraction of sp³-hybridized carbons (Fsp3) is 0.471. The number of hydrogen-bond acceptors (Lipinski definition) is 6. The summed E-state index contributed by atoms with van der Waals surface area (Å²) < 4.78 is 17.4. The lowest BCUT2D eigenvalue weighted by Gasteiger charge is -2.19. The van der Waals surface area contributed by atoms with Crippen LogP contribution < -0.4 is 4.74 Å². The van der Waals surface area contributed by atoms with Gasteiger partial charge in [-0.15, -0.1) is 0 Å². The van der Waals surface area contributed by atoms with Crippen LogP contribution in [0.25, 0.3) is 10.9 Å². The largest absolute Gasteiger partial charge is 0.514 e. The minimum absolute atomic E-state index is 0.309. The summed E-state index contributed by atoms with van der Waals surface area (Å²) in [6.45, 7) is 10.6. The van der Waals surface area contributed by atoms with Crippen LogP contribution in [0.4, 0.5) is 9.59 Å². The Hall–Kier alpha value is -1.84. The maximum absolute atomic E-state index is 12.3. The molecule has 1 aromatic heterocycles. The van der Waals surface area contributed by atoms with Crippen molar-refractivity contribution >= 4 is 45.7 Å². The quantitative estimate of drug-likeness (QED) is 0.348. The molecule has 0 radical (unpaired) electrons. The maximum atomic E-state index is 12.3. The predicted molar refractivity (Wildman–Crippen MR) is 101 cm³/mol. The normalized spacial score (nSPS) is 12.1. The smallest absolute Gasteiger partial charge is 0.442 e. The minimum Gasteiger partial charge on any atom is -0.442 e. The molecule has 0 amide bonds. The summed E-state index contributed by atoms with van der Waals surface area (Å²) in [5, 5.41) is 4.88. The van der Waals surface area contributed by atoms with E-state index in [1.54, 1.807) is 59.7 Å². The summed E-state index contributed by atoms with van der Waals surface area (Å²) in [7, 11) is 0. The van der Waals surface area contributed by atoms with Crippen molar-refractivity contribution in [3.8, 4) is 5.75 Å². The van der Waals surface area contributed by atoms with E-state index < -0.39 is 23.5 Å². The van der Waals surface area contributed by atoms with Crippen LogP contribution in [0.3, 0.4) is 0 Å². The van der Waals surface area contributed by atoms with E-state index >= 15 is 0 Å². The molecule has 0 aliphatic heterocycles. The lowest BCUT2D eigenvalue weighted by atomic mass is 10.2. The van der Waals surface area contributed by atoms with E-state index in [2.05, 4.69) is 5.10 Å². The van der Waals surface area contributed by atoms with Crippen LogP contribution >= 0.6 is 22.6 Å². The molecule has 1 heterocycles. The maximum Gasteiger partial charge on any atom is 0.514 e. The molecule has 2 aromatic rings. The van der Waals surface area contributed by atoms with E-state index in [0.717, 1.165) is 0 Å². The monoisotopic (exact) mass is 460 g/mol. The van der Waals surface area contributed by atoms with Crippen molar-refractivity contribution in [1.82, 2.24) is 9.78 Å². The lowest BCUT2D eigenvalue weighted by Crippen LogP contribution is -2.27. The van der Waals surface area contributed by atoms with E-state index in [1.165, 1.54) is 4.68 Å².